The van der Waals surface area contributed by atoms with Crippen LogP contribution in [0.15, 0.2) is 30.5 Å². The maximum absolute atomic E-state index is 11.7. The lowest BCUT2D eigenvalue weighted by Gasteiger charge is -2.35. The minimum atomic E-state index is -0.188. The molecule has 2 heterocycles. The largest absolute Gasteiger partial charge is 0.375 e. The van der Waals surface area contributed by atoms with Gasteiger partial charge in [-0.25, -0.2) is 4.42 Å². The van der Waals surface area contributed by atoms with Gasteiger partial charge in [0.25, 0.3) is 0 Å². The molecule has 182 valence electrons. The summed E-state index contributed by atoms with van der Waals surface area (Å²) in [6.07, 6.45) is 5.31. The van der Waals surface area contributed by atoms with Gasteiger partial charge in [-0.2, -0.15) is 0 Å². The van der Waals surface area contributed by atoms with Gasteiger partial charge < -0.3 is 9.64 Å². The Morgan fingerprint density at radius 3 is 2.31 bits per heavy atom. The van der Waals surface area contributed by atoms with Crippen molar-refractivity contribution in [3.05, 3.63) is 41.6 Å². The highest BCUT2D eigenvalue weighted by molar-refractivity contribution is 6.13. The van der Waals surface area contributed by atoms with Gasteiger partial charge in [0.15, 0.2) is 0 Å². The first-order chi connectivity index (χ1) is 15.7. The van der Waals surface area contributed by atoms with Crippen LogP contribution >= 0.6 is 11.8 Å². The van der Waals surface area contributed by atoms with Crippen molar-refractivity contribution in [3.63, 3.8) is 0 Å². The van der Waals surface area contributed by atoms with Crippen molar-refractivity contribution in [1.29, 1.82) is 0 Å². The second kappa shape index (κ2) is 17.8. The number of aryl methyl sites for hydroxylation is 1. The van der Waals surface area contributed by atoms with Gasteiger partial charge in [0.1, 0.15) is 6.10 Å². The fourth-order valence-electron chi connectivity index (χ4n) is 3.65. The Kier molecular flexibility index (Phi) is 16.9. The molecule has 1 aliphatic rings. The molecule has 0 spiro atoms. The predicted octanol–water partition coefficient (Wildman–Crippen LogP) is 6.64. The van der Waals surface area contributed by atoms with E-state index in [2.05, 4.69) is 30.1 Å². The summed E-state index contributed by atoms with van der Waals surface area (Å²) in [5.74, 6) is 0. The average Bonchev–Trinajstić information content (AvgIpc) is 2.88. The quantitative estimate of drug-likeness (QED) is 0.339. The summed E-state index contributed by atoms with van der Waals surface area (Å²) in [6.45, 7) is 16.3. The molecular formula is C26H44ClN3O2. The highest BCUT2D eigenvalue weighted by atomic mass is 35.5. The Hall–Kier alpha value is -1.69. The maximum atomic E-state index is 11.7. The first-order valence-electron chi connectivity index (χ1n) is 12.2. The Labute approximate surface area is 201 Å². The van der Waals surface area contributed by atoms with Crippen molar-refractivity contribution in [3.8, 4) is 0 Å². The van der Waals surface area contributed by atoms with Gasteiger partial charge in [0.05, 0.1) is 12.1 Å². The van der Waals surface area contributed by atoms with E-state index in [-0.39, 0.29) is 12.1 Å². The second-order valence-corrected chi connectivity index (χ2v) is 7.25. The third-order valence-electron chi connectivity index (χ3n) is 5.27. The minimum absolute atomic E-state index is 0.188. The number of carbonyl (C=O) groups excluding carboxylic acids is 1. The third-order valence-corrected chi connectivity index (χ3v) is 5.61. The highest BCUT2D eigenvalue weighted by Crippen LogP contribution is 2.28. The van der Waals surface area contributed by atoms with Crippen LogP contribution in [0.3, 0.4) is 0 Å². The molecule has 0 bridgehead atoms. The van der Waals surface area contributed by atoms with Gasteiger partial charge in [-0.15, -0.1) is 0 Å². The van der Waals surface area contributed by atoms with Crippen molar-refractivity contribution >= 4 is 29.1 Å². The van der Waals surface area contributed by atoms with Crippen LogP contribution in [0.1, 0.15) is 78.5 Å². The molecule has 6 heteroatoms. The molecule has 2 aromatic rings. The number of hydrogen-bond donors (Lipinski definition) is 0. The van der Waals surface area contributed by atoms with Gasteiger partial charge in [0, 0.05) is 37.8 Å². The fourth-order valence-corrected chi connectivity index (χ4v) is 3.85. The van der Waals surface area contributed by atoms with E-state index in [4.69, 9.17) is 16.5 Å². The molecule has 3 rings (SSSR count). The Balaban J connectivity index is 0.00000148. The molecule has 0 saturated carbocycles. The van der Waals surface area contributed by atoms with Gasteiger partial charge in [-0.1, -0.05) is 54.5 Å². The summed E-state index contributed by atoms with van der Waals surface area (Å²) in [5.41, 5.74) is 3.30. The number of methoxy groups -OCH3 is 1. The SMILES string of the molecule is CC.CC.CC.CCc1ccc2nccc(C(CN(C=O)C3CCN(Cl)CC3)OC)c2c1. The van der Waals surface area contributed by atoms with E-state index in [0.29, 0.717) is 6.54 Å². The zero-order valence-electron chi connectivity index (χ0n) is 21.4. The molecule has 1 fully saturated rings. The number of halogens is 1. The number of fused-ring (bicyclic) bond motifs is 1. The number of nitrogens with zero attached hydrogens (tertiary/aromatic N) is 3. The van der Waals surface area contributed by atoms with E-state index < -0.39 is 0 Å². The molecule has 32 heavy (non-hydrogen) atoms. The van der Waals surface area contributed by atoms with Crippen molar-refractivity contribution in [2.75, 3.05) is 26.7 Å². The summed E-state index contributed by atoms with van der Waals surface area (Å²) in [7, 11) is 1.70. The minimum Gasteiger partial charge on any atom is -0.375 e. The van der Waals surface area contributed by atoms with Crippen LogP contribution in [-0.2, 0) is 16.0 Å². The standard InChI is InChI=1S/C20H26ClN3O2.3C2H6/c1-3-15-4-5-19-18(12-15)17(6-9-22-19)20(26-2)13-23(14-25)16-7-10-24(21)11-8-16;3*1-2/h4-6,9,12,14,16,20H,3,7-8,10-11,13H2,1-2H3;3*1-2H3. The average molecular weight is 466 g/mol. The molecular weight excluding hydrogens is 422 g/mol. The normalized spacial score (nSPS) is 14.7. The van der Waals surface area contributed by atoms with E-state index in [1.165, 1.54) is 5.56 Å². The molecule has 0 N–H and O–H groups in total. The van der Waals surface area contributed by atoms with Crippen LogP contribution in [0.4, 0.5) is 0 Å². The van der Waals surface area contributed by atoms with Crippen LogP contribution in [0.5, 0.6) is 0 Å². The van der Waals surface area contributed by atoms with E-state index in [9.17, 15) is 4.79 Å². The third kappa shape index (κ3) is 8.68. The number of ether oxygens (including phenoxy) is 1. The van der Waals surface area contributed by atoms with Crippen LogP contribution < -0.4 is 0 Å². The van der Waals surface area contributed by atoms with Crippen LogP contribution in [0.2, 0.25) is 0 Å². The van der Waals surface area contributed by atoms with E-state index >= 15 is 0 Å². The molecule has 5 nitrogen and oxygen atoms in total. The Morgan fingerprint density at radius 2 is 1.78 bits per heavy atom. The Morgan fingerprint density at radius 1 is 1.16 bits per heavy atom. The van der Waals surface area contributed by atoms with Crippen LogP contribution in [0, 0.1) is 0 Å². The number of pyridine rings is 1. The summed E-state index contributed by atoms with van der Waals surface area (Å²) in [6, 6.07) is 8.55. The first kappa shape index (κ1) is 30.3. The summed E-state index contributed by atoms with van der Waals surface area (Å²) in [5, 5.41) is 1.10. The number of aromatic nitrogens is 1. The number of benzene rings is 1. The number of amides is 1. The number of hydrogen-bond acceptors (Lipinski definition) is 4. The molecule has 1 aromatic heterocycles. The zero-order chi connectivity index (χ0) is 24.5. The lowest BCUT2D eigenvalue weighted by molar-refractivity contribution is -0.123. The Bertz CT molecular complexity index is 749. The molecule has 1 atom stereocenters. The van der Waals surface area contributed by atoms with E-state index in [1.54, 1.807) is 11.5 Å². The van der Waals surface area contributed by atoms with Gasteiger partial charge in [0.2, 0.25) is 6.41 Å². The zero-order valence-corrected chi connectivity index (χ0v) is 22.2. The van der Waals surface area contributed by atoms with Crippen LogP contribution in [-0.4, -0.2) is 53.5 Å². The van der Waals surface area contributed by atoms with Crippen molar-refractivity contribution in [2.45, 2.75) is 79.9 Å². The summed E-state index contributed by atoms with van der Waals surface area (Å²) < 4.78 is 7.59. The molecule has 0 aliphatic carbocycles. The number of piperidine rings is 1. The summed E-state index contributed by atoms with van der Waals surface area (Å²) >= 11 is 6.05. The van der Waals surface area contributed by atoms with Gasteiger partial charge in [-0.3, -0.25) is 9.78 Å². The number of carbonyl (C=O) groups is 1. The number of rotatable bonds is 7. The molecule has 1 amide bonds. The molecule has 1 unspecified atom stereocenters. The molecule has 1 aliphatic heterocycles. The molecule has 1 aromatic carbocycles. The van der Waals surface area contributed by atoms with Crippen molar-refractivity contribution < 1.29 is 9.53 Å². The smallest absolute Gasteiger partial charge is 0.210 e. The lowest BCUT2D eigenvalue weighted by Crippen LogP contribution is -2.43. The topological polar surface area (TPSA) is 45.7 Å². The van der Waals surface area contributed by atoms with E-state index in [1.807, 2.05) is 58.7 Å². The summed E-state index contributed by atoms with van der Waals surface area (Å²) in [4.78, 5) is 18.1. The second-order valence-electron chi connectivity index (χ2n) is 6.77. The molecule has 0 radical (unpaired) electrons. The van der Waals surface area contributed by atoms with Crippen LogP contribution in [0.25, 0.3) is 10.9 Å². The van der Waals surface area contributed by atoms with E-state index in [0.717, 1.165) is 55.2 Å². The maximum Gasteiger partial charge on any atom is 0.210 e. The van der Waals surface area contributed by atoms with Gasteiger partial charge in [-0.05, 0) is 60.4 Å². The molecule has 1 saturated heterocycles. The monoisotopic (exact) mass is 465 g/mol. The van der Waals surface area contributed by atoms with Crippen molar-refractivity contribution in [2.24, 2.45) is 0 Å². The predicted molar refractivity (Wildman–Crippen MR) is 138 cm³/mol. The highest BCUT2D eigenvalue weighted by Gasteiger charge is 2.26. The first-order valence-corrected chi connectivity index (χ1v) is 12.5. The lowest BCUT2D eigenvalue weighted by atomic mass is 9.99. The fraction of sp³-hybridized carbons (Fsp3) is 0.615. The van der Waals surface area contributed by atoms with Crippen molar-refractivity contribution in [1.82, 2.24) is 14.3 Å². The van der Waals surface area contributed by atoms with Gasteiger partial charge >= 0.3 is 0 Å².